The van der Waals surface area contributed by atoms with Crippen molar-refractivity contribution in [1.82, 2.24) is 4.98 Å². The van der Waals surface area contributed by atoms with Gasteiger partial charge in [0.1, 0.15) is 11.6 Å². The molecule has 1 aliphatic rings. The van der Waals surface area contributed by atoms with E-state index in [1.165, 1.54) is 0 Å². The van der Waals surface area contributed by atoms with Crippen LogP contribution < -0.4 is 4.74 Å². The van der Waals surface area contributed by atoms with Crippen molar-refractivity contribution in [1.29, 1.82) is 5.26 Å². The molecule has 3 rings (SSSR count). The van der Waals surface area contributed by atoms with Crippen LogP contribution in [0, 0.1) is 17.1 Å². The number of carbonyl (C=O) groups is 1. The molecule has 0 radical (unpaired) electrons. The van der Waals surface area contributed by atoms with Crippen LogP contribution >= 0.6 is 15.9 Å². The highest BCUT2D eigenvalue weighted by Crippen LogP contribution is 2.51. The molecule has 1 aromatic carbocycles. The van der Waals surface area contributed by atoms with E-state index < -0.39 is 40.7 Å². The number of Topliss-reactive ketones (excluding diaryl/α,β-unsaturated/α-hetero) is 1. The molecule has 1 atom stereocenters. The predicted molar refractivity (Wildman–Crippen MR) is 76.3 cm³/mol. The summed E-state index contributed by atoms with van der Waals surface area (Å²) in [6, 6.07) is 4.62. The van der Waals surface area contributed by atoms with Crippen LogP contribution in [0.3, 0.4) is 0 Å². The zero-order chi connectivity index (χ0) is 17.6. The van der Waals surface area contributed by atoms with E-state index in [1.54, 1.807) is 6.07 Å². The van der Waals surface area contributed by atoms with E-state index in [9.17, 15) is 22.4 Å². The number of carbonyl (C=O) groups excluding carboxylic acids is 1. The number of halogens is 5. The van der Waals surface area contributed by atoms with Crippen LogP contribution in [-0.4, -0.2) is 16.7 Å². The van der Waals surface area contributed by atoms with Gasteiger partial charge in [0.05, 0.1) is 22.8 Å². The van der Waals surface area contributed by atoms with Crippen molar-refractivity contribution < 1.29 is 27.1 Å². The molecular formula is C15H5BrF4N2O2. The summed E-state index contributed by atoms with van der Waals surface area (Å²) in [6.07, 6.45) is -1.94. The molecule has 0 amide bonds. The third-order valence-corrected chi connectivity index (χ3v) is 3.95. The molecule has 24 heavy (non-hydrogen) atoms. The largest absolute Gasteiger partial charge is 0.438 e. The summed E-state index contributed by atoms with van der Waals surface area (Å²) in [6.45, 7) is 0. The van der Waals surface area contributed by atoms with E-state index in [1.807, 2.05) is 0 Å². The fraction of sp³-hybridized carbons (Fsp3) is 0.133. The van der Waals surface area contributed by atoms with Gasteiger partial charge in [-0.05, 0) is 28.1 Å². The van der Waals surface area contributed by atoms with E-state index in [4.69, 9.17) is 10.00 Å². The maximum atomic E-state index is 14.1. The summed E-state index contributed by atoms with van der Waals surface area (Å²) in [5, 5.41) is 8.79. The van der Waals surface area contributed by atoms with Crippen molar-refractivity contribution in [2.24, 2.45) is 0 Å². The molecule has 4 nitrogen and oxygen atoms in total. The Bertz CT molecular complexity index is 911. The Morgan fingerprint density at radius 1 is 1.33 bits per heavy atom. The minimum absolute atomic E-state index is 0.0861. The maximum Gasteiger partial charge on any atom is 0.344 e. The van der Waals surface area contributed by atoms with E-state index >= 15 is 0 Å². The highest BCUT2D eigenvalue weighted by molar-refractivity contribution is 9.10. The van der Waals surface area contributed by atoms with Crippen LogP contribution in [0.25, 0.3) is 0 Å². The maximum absolute atomic E-state index is 14.1. The lowest BCUT2D eigenvalue weighted by Crippen LogP contribution is -2.26. The van der Waals surface area contributed by atoms with Gasteiger partial charge in [0.25, 0.3) is 0 Å². The highest BCUT2D eigenvalue weighted by atomic mass is 79.9. The Morgan fingerprint density at radius 3 is 2.71 bits per heavy atom. The third kappa shape index (κ3) is 2.43. The number of ether oxygens (including phenoxy) is 1. The standard InChI is InChI=1S/C15H5BrF4N2O2/c16-9-5-22-14(11-10(9)13(23)15(19,20)12(11)18)24-8-2-6(4-21)1-7(17)3-8/h1-3,5,12H. The Hall–Kier alpha value is -2.47. The second-order valence-corrected chi connectivity index (χ2v) is 5.76. The van der Waals surface area contributed by atoms with Gasteiger partial charge in [-0.25, -0.2) is 13.8 Å². The summed E-state index contributed by atoms with van der Waals surface area (Å²) < 4.78 is 59.9. The second kappa shape index (κ2) is 5.56. The average Bonchev–Trinajstić information content (AvgIpc) is 2.71. The number of ketones is 1. The Morgan fingerprint density at radius 2 is 2.04 bits per heavy atom. The number of fused-ring (bicyclic) bond motifs is 1. The molecule has 0 spiro atoms. The van der Waals surface area contributed by atoms with Crippen molar-refractivity contribution >= 4 is 21.7 Å². The zero-order valence-electron chi connectivity index (χ0n) is 11.5. The van der Waals surface area contributed by atoms with E-state index in [0.29, 0.717) is 0 Å². The number of hydrogen-bond acceptors (Lipinski definition) is 4. The van der Waals surface area contributed by atoms with Gasteiger partial charge in [-0.15, -0.1) is 0 Å². The molecule has 0 fully saturated rings. The van der Waals surface area contributed by atoms with Crippen molar-refractivity contribution in [2.45, 2.75) is 12.1 Å². The molecule has 0 N–H and O–H groups in total. The quantitative estimate of drug-likeness (QED) is 0.696. The van der Waals surface area contributed by atoms with Crippen LogP contribution in [-0.2, 0) is 0 Å². The topological polar surface area (TPSA) is 63.0 Å². The molecule has 0 saturated heterocycles. The van der Waals surface area contributed by atoms with Gasteiger partial charge in [0.2, 0.25) is 17.8 Å². The first-order valence-electron chi connectivity index (χ1n) is 6.39. The minimum Gasteiger partial charge on any atom is -0.438 e. The third-order valence-electron chi connectivity index (χ3n) is 3.35. The molecule has 0 aliphatic heterocycles. The fourth-order valence-corrected chi connectivity index (χ4v) is 2.79. The summed E-state index contributed by atoms with van der Waals surface area (Å²) in [5.41, 5.74) is -1.38. The molecule has 1 heterocycles. The van der Waals surface area contributed by atoms with E-state index in [2.05, 4.69) is 20.9 Å². The van der Waals surface area contributed by atoms with Crippen LogP contribution in [0.2, 0.25) is 0 Å². The molecule has 0 saturated carbocycles. The molecule has 9 heteroatoms. The summed E-state index contributed by atoms with van der Waals surface area (Å²) >= 11 is 2.88. The van der Waals surface area contributed by atoms with Crippen LogP contribution in [0.1, 0.15) is 27.7 Å². The second-order valence-electron chi connectivity index (χ2n) is 4.90. The minimum atomic E-state index is -4.24. The number of hydrogen-bond donors (Lipinski definition) is 0. The molecular weight excluding hydrogens is 396 g/mol. The Labute approximate surface area is 140 Å². The number of nitrogens with zero attached hydrogens (tertiary/aromatic N) is 2. The van der Waals surface area contributed by atoms with Crippen molar-refractivity contribution in [3.8, 4) is 17.7 Å². The zero-order valence-corrected chi connectivity index (χ0v) is 13.1. The number of benzene rings is 1. The summed E-state index contributed by atoms with van der Waals surface area (Å²) in [4.78, 5) is 15.4. The first-order chi connectivity index (χ1) is 11.3. The average molecular weight is 401 g/mol. The number of pyridine rings is 1. The Kier molecular flexibility index (Phi) is 3.80. The van der Waals surface area contributed by atoms with Gasteiger partial charge in [-0.2, -0.15) is 14.0 Å². The molecule has 0 bridgehead atoms. The lowest BCUT2D eigenvalue weighted by Gasteiger charge is -2.12. The van der Waals surface area contributed by atoms with Crippen molar-refractivity contribution in [3.63, 3.8) is 0 Å². The van der Waals surface area contributed by atoms with Gasteiger partial charge in [-0.3, -0.25) is 4.79 Å². The molecule has 1 aromatic heterocycles. The van der Waals surface area contributed by atoms with Gasteiger partial charge in [0.15, 0.2) is 0 Å². The van der Waals surface area contributed by atoms with Crippen LogP contribution in [0.15, 0.2) is 28.9 Å². The molecule has 1 aliphatic carbocycles. The van der Waals surface area contributed by atoms with Crippen LogP contribution in [0.4, 0.5) is 17.6 Å². The van der Waals surface area contributed by atoms with Crippen LogP contribution in [0.5, 0.6) is 11.6 Å². The Balaban J connectivity index is 2.12. The fourth-order valence-electron chi connectivity index (χ4n) is 2.29. The number of aromatic nitrogens is 1. The molecule has 122 valence electrons. The highest BCUT2D eigenvalue weighted by Gasteiger charge is 2.58. The predicted octanol–water partition coefficient (Wildman–Crippen LogP) is 4.49. The van der Waals surface area contributed by atoms with Crippen molar-refractivity contribution in [2.75, 3.05) is 0 Å². The van der Waals surface area contributed by atoms with Gasteiger partial charge in [0, 0.05) is 16.7 Å². The smallest absolute Gasteiger partial charge is 0.344 e. The number of alkyl halides is 3. The number of rotatable bonds is 2. The monoisotopic (exact) mass is 400 g/mol. The van der Waals surface area contributed by atoms with Gasteiger partial charge < -0.3 is 4.74 Å². The van der Waals surface area contributed by atoms with E-state index in [-0.39, 0.29) is 15.8 Å². The summed E-state index contributed by atoms with van der Waals surface area (Å²) in [7, 11) is 0. The van der Waals surface area contributed by atoms with Gasteiger partial charge >= 0.3 is 5.92 Å². The lowest BCUT2D eigenvalue weighted by molar-refractivity contribution is -0.0369. The SMILES string of the molecule is N#Cc1cc(F)cc(Oc2ncc(Br)c3c2C(F)C(F)(F)C3=O)c1. The van der Waals surface area contributed by atoms with Gasteiger partial charge in [-0.1, -0.05) is 0 Å². The summed E-state index contributed by atoms with van der Waals surface area (Å²) in [5.74, 6) is -7.58. The first kappa shape index (κ1) is 16.4. The first-order valence-corrected chi connectivity index (χ1v) is 7.18. The lowest BCUT2D eigenvalue weighted by atomic mass is 10.1. The van der Waals surface area contributed by atoms with E-state index in [0.717, 1.165) is 24.4 Å². The van der Waals surface area contributed by atoms with Crippen molar-refractivity contribution in [3.05, 3.63) is 51.4 Å². The molecule has 2 aromatic rings. The number of nitriles is 1. The molecule has 1 unspecified atom stereocenters. The normalized spacial score (nSPS) is 18.2.